The highest BCUT2D eigenvalue weighted by atomic mass is 16.5. The Balaban J connectivity index is 4.35. The normalized spacial score (nSPS) is 13.3. The maximum absolute atomic E-state index is 12.5. The lowest BCUT2D eigenvalue weighted by molar-refractivity contribution is -0.148. The van der Waals surface area contributed by atoms with Crippen LogP contribution in [0.15, 0.2) is 85.1 Å². The monoisotopic (exact) mass is 608 g/mol. The summed E-state index contributed by atoms with van der Waals surface area (Å²) in [5.41, 5.74) is 0. The number of esters is 1. The topological polar surface area (TPSA) is 63.6 Å². The summed E-state index contributed by atoms with van der Waals surface area (Å²) in [7, 11) is 0. The van der Waals surface area contributed by atoms with Crippen molar-refractivity contribution in [3.63, 3.8) is 0 Å². The molecule has 0 saturated heterocycles. The van der Waals surface area contributed by atoms with Crippen molar-refractivity contribution in [2.45, 2.75) is 155 Å². The lowest BCUT2D eigenvalue weighted by Crippen LogP contribution is -2.18. The number of rotatable bonds is 30. The van der Waals surface area contributed by atoms with Gasteiger partial charge in [-0.2, -0.15) is 0 Å². The van der Waals surface area contributed by atoms with Crippen molar-refractivity contribution in [2.75, 3.05) is 0 Å². The summed E-state index contributed by atoms with van der Waals surface area (Å²) in [6.45, 7) is 4.38. The van der Waals surface area contributed by atoms with E-state index in [1.165, 1.54) is 25.7 Å². The second-order valence-corrected chi connectivity index (χ2v) is 11.3. The molecule has 248 valence electrons. The van der Waals surface area contributed by atoms with Crippen LogP contribution >= 0.6 is 0 Å². The van der Waals surface area contributed by atoms with Crippen LogP contribution in [-0.2, 0) is 14.3 Å². The Kier molecular flexibility index (Phi) is 32.3. The molecule has 0 aromatic heterocycles. The molecule has 0 fully saturated rings. The third-order valence-electron chi connectivity index (χ3n) is 7.13. The number of ether oxygens (including phenoxy) is 1. The van der Waals surface area contributed by atoms with Crippen molar-refractivity contribution in [1.82, 2.24) is 0 Å². The summed E-state index contributed by atoms with van der Waals surface area (Å²) in [6, 6.07) is 0. The van der Waals surface area contributed by atoms with E-state index >= 15 is 0 Å². The van der Waals surface area contributed by atoms with Crippen LogP contribution in [0.5, 0.6) is 0 Å². The first-order valence-electron chi connectivity index (χ1n) is 17.6. The van der Waals surface area contributed by atoms with E-state index in [0.717, 1.165) is 96.3 Å². The zero-order chi connectivity index (χ0) is 32.2. The highest BCUT2D eigenvalue weighted by molar-refractivity contribution is 5.71. The average Bonchev–Trinajstić information content (AvgIpc) is 3.00. The van der Waals surface area contributed by atoms with Gasteiger partial charge in [0.25, 0.3) is 0 Å². The molecular formula is C40H64O4. The molecule has 4 nitrogen and oxygen atoms in total. The second kappa shape index (κ2) is 34.6. The molecule has 1 N–H and O–H groups in total. The zero-order valence-electron chi connectivity index (χ0n) is 28.2. The molecule has 0 radical (unpaired) electrons. The van der Waals surface area contributed by atoms with Crippen LogP contribution in [0.2, 0.25) is 0 Å². The number of unbranched alkanes of at least 4 members (excludes halogenated alkanes) is 8. The summed E-state index contributed by atoms with van der Waals surface area (Å²) < 4.78 is 5.88. The standard InChI is InChI=1S/C40H64O4/c1-3-5-7-9-11-13-15-16-17-18-20-22-24-29-33-37-40(43)44-38(35-31-27-25-28-32-36-39(41)42)34-30-26-23-21-19-14-12-10-8-6-4-2/h5,7,11-14,16-17,20-23,29,33,38H,3-4,6,8-10,15,18-19,24-28,30-32,34-37H2,1-2H3,(H,41,42)/b7-5-,13-11-,14-12-,17-16-,22-20-,23-21-,33-29-. The van der Waals surface area contributed by atoms with Gasteiger partial charge in [0.05, 0.1) is 6.42 Å². The van der Waals surface area contributed by atoms with Crippen LogP contribution in [0.25, 0.3) is 0 Å². The molecule has 0 aromatic carbocycles. The van der Waals surface area contributed by atoms with Gasteiger partial charge in [0.15, 0.2) is 0 Å². The molecule has 1 unspecified atom stereocenters. The minimum absolute atomic E-state index is 0.0453. The lowest BCUT2D eigenvalue weighted by atomic mass is 10.0. The summed E-state index contributed by atoms with van der Waals surface area (Å²) in [5, 5.41) is 8.79. The van der Waals surface area contributed by atoms with E-state index in [4.69, 9.17) is 9.84 Å². The minimum atomic E-state index is -0.721. The fraction of sp³-hybridized carbons (Fsp3) is 0.600. The van der Waals surface area contributed by atoms with E-state index in [9.17, 15) is 9.59 Å². The van der Waals surface area contributed by atoms with Gasteiger partial charge in [0, 0.05) is 6.42 Å². The highest BCUT2D eigenvalue weighted by Crippen LogP contribution is 2.16. The van der Waals surface area contributed by atoms with E-state index in [-0.39, 0.29) is 18.5 Å². The number of carboxylic acids is 1. The number of allylic oxidation sites excluding steroid dienone is 13. The Morgan fingerprint density at radius 1 is 0.545 bits per heavy atom. The number of hydrogen-bond donors (Lipinski definition) is 1. The van der Waals surface area contributed by atoms with E-state index in [2.05, 4.69) is 86.8 Å². The Morgan fingerprint density at radius 2 is 1.02 bits per heavy atom. The molecule has 0 aromatic rings. The van der Waals surface area contributed by atoms with E-state index in [0.29, 0.717) is 6.42 Å². The van der Waals surface area contributed by atoms with Crippen LogP contribution in [-0.4, -0.2) is 23.1 Å². The average molecular weight is 609 g/mol. The molecule has 0 heterocycles. The first-order valence-corrected chi connectivity index (χ1v) is 17.6. The molecule has 1 atom stereocenters. The van der Waals surface area contributed by atoms with E-state index in [1.54, 1.807) is 0 Å². The molecule has 0 rings (SSSR count). The zero-order valence-corrected chi connectivity index (χ0v) is 28.2. The molecule has 0 aliphatic carbocycles. The van der Waals surface area contributed by atoms with E-state index < -0.39 is 5.97 Å². The van der Waals surface area contributed by atoms with Crippen molar-refractivity contribution < 1.29 is 19.4 Å². The molecule has 0 saturated carbocycles. The van der Waals surface area contributed by atoms with Gasteiger partial charge in [-0.1, -0.05) is 131 Å². The molecule has 4 heteroatoms. The minimum Gasteiger partial charge on any atom is -0.481 e. The van der Waals surface area contributed by atoms with E-state index in [1.807, 2.05) is 12.2 Å². The Hall–Kier alpha value is -2.88. The van der Waals surface area contributed by atoms with Crippen molar-refractivity contribution in [1.29, 1.82) is 0 Å². The van der Waals surface area contributed by atoms with Crippen LogP contribution in [0, 0.1) is 0 Å². The smallest absolute Gasteiger partial charge is 0.309 e. The Labute approximate surface area is 270 Å². The molecule has 44 heavy (non-hydrogen) atoms. The third kappa shape index (κ3) is 33.6. The van der Waals surface area contributed by atoms with Gasteiger partial charge in [-0.3, -0.25) is 9.59 Å². The molecule has 0 aliphatic heterocycles. The molecule has 0 spiro atoms. The fourth-order valence-corrected chi connectivity index (χ4v) is 4.59. The number of carbonyl (C=O) groups excluding carboxylic acids is 1. The third-order valence-corrected chi connectivity index (χ3v) is 7.13. The van der Waals surface area contributed by atoms with Crippen LogP contribution in [0.1, 0.15) is 149 Å². The van der Waals surface area contributed by atoms with Gasteiger partial charge in [0.1, 0.15) is 6.10 Å². The Bertz CT molecular complexity index is 872. The van der Waals surface area contributed by atoms with Crippen LogP contribution < -0.4 is 0 Å². The first kappa shape index (κ1) is 41.1. The van der Waals surface area contributed by atoms with Crippen LogP contribution in [0.3, 0.4) is 0 Å². The molecule has 0 aliphatic rings. The Morgan fingerprint density at radius 3 is 1.59 bits per heavy atom. The summed E-state index contributed by atoms with van der Waals surface area (Å²) in [6.07, 6.45) is 50.3. The van der Waals surface area contributed by atoms with Crippen molar-refractivity contribution in [3.05, 3.63) is 85.1 Å². The lowest BCUT2D eigenvalue weighted by Gasteiger charge is -2.17. The van der Waals surface area contributed by atoms with Gasteiger partial charge in [0.2, 0.25) is 0 Å². The fourth-order valence-electron chi connectivity index (χ4n) is 4.59. The SMILES string of the molecule is CC/C=C\C/C=C\C/C=C\C/C=C\C/C=C\CC(=O)OC(CCC/C=C\C/C=C\CCCCC)CCCCCCCC(=O)O. The van der Waals surface area contributed by atoms with Crippen molar-refractivity contribution in [3.8, 4) is 0 Å². The first-order chi connectivity index (χ1) is 21.6. The van der Waals surface area contributed by atoms with Gasteiger partial charge < -0.3 is 9.84 Å². The molecule has 0 bridgehead atoms. The van der Waals surface area contributed by atoms with Crippen molar-refractivity contribution >= 4 is 11.9 Å². The van der Waals surface area contributed by atoms with Gasteiger partial charge >= 0.3 is 11.9 Å². The summed E-state index contributed by atoms with van der Waals surface area (Å²) >= 11 is 0. The second-order valence-electron chi connectivity index (χ2n) is 11.3. The number of carbonyl (C=O) groups is 2. The number of carboxylic acid groups (broad SMARTS) is 1. The van der Waals surface area contributed by atoms with Gasteiger partial charge in [-0.25, -0.2) is 0 Å². The van der Waals surface area contributed by atoms with Gasteiger partial charge in [-0.05, 0) is 89.9 Å². The predicted molar refractivity (Wildman–Crippen MR) is 190 cm³/mol. The van der Waals surface area contributed by atoms with Crippen molar-refractivity contribution in [2.24, 2.45) is 0 Å². The predicted octanol–water partition coefficient (Wildman–Crippen LogP) is 12.1. The maximum Gasteiger partial charge on any atom is 0.309 e. The number of hydrogen-bond acceptors (Lipinski definition) is 3. The molecule has 0 amide bonds. The summed E-state index contributed by atoms with van der Waals surface area (Å²) in [4.78, 5) is 23.2. The van der Waals surface area contributed by atoms with Crippen LogP contribution in [0.4, 0.5) is 0 Å². The largest absolute Gasteiger partial charge is 0.481 e. The molecular weight excluding hydrogens is 544 g/mol. The number of aliphatic carboxylic acids is 1. The highest BCUT2D eigenvalue weighted by Gasteiger charge is 2.13. The maximum atomic E-state index is 12.5. The quantitative estimate of drug-likeness (QED) is 0.0500. The summed E-state index contributed by atoms with van der Waals surface area (Å²) in [5.74, 6) is -0.872. The van der Waals surface area contributed by atoms with Gasteiger partial charge in [-0.15, -0.1) is 0 Å².